The molecule has 1 rings (SSSR count). The second-order valence-corrected chi connectivity index (χ2v) is 2.83. The zero-order valence-corrected chi connectivity index (χ0v) is 7.04. The van der Waals surface area contributed by atoms with E-state index in [0.717, 1.165) is 0 Å². The molecule has 0 aliphatic heterocycles. The van der Waals surface area contributed by atoms with E-state index in [2.05, 4.69) is 16.9 Å². The number of nitrogens with zero attached hydrogens (tertiary/aromatic N) is 2. The topological polar surface area (TPSA) is 25.8 Å². The van der Waals surface area contributed by atoms with Gasteiger partial charge in [0.25, 0.3) is 0 Å². The maximum absolute atomic E-state index is 5.64. The van der Waals surface area contributed by atoms with E-state index < -0.39 is 0 Å². The summed E-state index contributed by atoms with van der Waals surface area (Å²) in [6, 6.07) is 0. The zero-order valence-electron chi connectivity index (χ0n) is 5.47. The molecule has 2 nitrogen and oxygen atoms in total. The number of hydrogen-bond acceptors (Lipinski definition) is 3. The van der Waals surface area contributed by atoms with Crippen LogP contribution in [0.2, 0.25) is 5.02 Å². The molecular weight excluding hydrogens is 168 g/mol. The molecule has 1 radical (unpaired) electrons. The highest BCUT2D eigenvalue weighted by Crippen LogP contribution is 2.14. The number of halogens is 1. The average Bonchev–Trinajstić information content (AvgIpc) is 1.95. The smallest absolute Gasteiger partial charge is 0.187 e. The van der Waals surface area contributed by atoms with Crippen LogP contribution < -0.4 is 0 Å². The van der Waals surface area contributed by atoms with Crippen LogP contribution in [0, 0.1) is 6.92 Å². The fourth-order valence-electron chi connectivity index (χ4n) is 0.482. The Kier molecular flexibility index (Phi) is 2.51. The van der Waals surface area contributed by atoms with Crippen molar-refractivity contribution in [2.24, 2.45) is 0 Å². The Balaban J connectivity index is 3.04. The normalized spacial score (nSPS) is 9.90. The minimum absolute atomic E-state index is 0.512. The van der Waals surface area contributed by atoms with Crippen molar-refractivity contribution in [3.05, 3.63) is 23.8 Å². The molecule has 0 amide bonds. The Labute approximate surface area is 69.0 Å². The molecule has 0 unspecified atom stereocenters. The van der Waals surface area contributed by atoms with Crippen LogP contribution in [0.1, 0.15) is 5.69 Å². The highest BCUT2D eigenvalue weighted by Gasteiger charge is 1.97. The molecule has 0 saturated carbocycles. The summed E-state index contributed by atoms with van der Waals surface area (Å²) in [7, 11) is 0. The number of thioether (sulfide) groups is 1. The van der Waals surface area contributed by atoms with Gasteiger partial charge in [-0.05, 0) is 13.2 Å². The first-order chi connectivity index (χ1) is 4.74. The molecule has 1 heterocycles. The van der Waals surface area contributed by atoms with Crippen molar-refractivity contribution in [2.45, 2.75) is 5.16 Å². The van der Waals surface area contributed by atoms with Crippen LogP contribution in [0.5, 0.6) is 0 Å². The summed E-state index contributed by atoms with van der Waals surface area (Å²) in [5.41, 5.74) is 0.584. The largest absolute Gasteiger partial charge is 0.230 e. The predicted molar refractivity (Wildman–Crippen MR) is 43.3 cm³/mol. The van der Waals surface area contributed by atoms with Crippen molar-refractivity contribution in [1.82, 2.24) is 9.97 Å². The maximum Gasteiger partial charge on any atom is 0.187 e. The molecule has 53 valence electrons. The lowest BCUT2D eigenvalue weighted by Crippen LogP contribution is -1.88. The molecule has 1 aromatic rings. The van der Waals surface area contributed by atoms with Gasteiger partial charge in [0, 0.05) is 0 Å². The molecule has 0 spiro atoms. The van der Waals surface area contributed by atoms with Gasteiger partial charge in [0.05, 0.1) is 16.9 Å². The van der Waals surface area contributed by atoms with Crippen molar-refractivity contribution in [3.8, 4) is 0 Å². The van der Waals surface area contributed by atoms with E-state index >= 15 is 0 Å². The van der Waals surface area contributed by atoms with E-state index in [0.29, 0.717) is 15.9 Å². The van der Waals surface area contributed by atoms with Gasteiger partial charge in [-0.1, -0.05) is 23.4 Å². The van der Waals surface area contributed by atoms with Crippen molar-refractivity contribution in [2.75, 3.05) is 6.26 Å². The summed E-state index contributed by atoms with van der Waals surface area (Å²) in [5, 5.41) is 1.22. The molecule has 1 aromatic heterocycles. The van der Waals surface area contributed by atoms with Gasteiger partial charge >= 0.3 is 0 Å². The first kappa shape index (κ1) is 7.82. The Bertz CT molecular complexity index is 239. The van der Waals surface area contributed by atoms with Crippen LogP contribution in [-0.2, 0) is 0 Å². The Hall–Kier alpha value is -0.280. The zero-order chi connectivity index (χ0) is 7.56. The van der Waals surface area contributed by atoms with Gasteiger partial charge in [0.15, 0.2) is 5.16 Å². The highest BCUT2D eigenvalue weighted by atomic mass is 35.5. The molecule has 10 heavy (non-hydrogen) atoms. The minimum Gasteiger partial charge on any atom is -0.230 e. The number of aromatic nitrogens is 2. The summed E-state index contributed by atoms with van der Waals surface area (Å²) in [5.74, 6) is 0. The molecule has 0 N–H and O–H groups in total. The van der Waals surface area contributed by atoms with E-state index in [4.69, 9.17) is 11.6 Å². The lowest BCUT2D eigenvalue weighted by Gasteiger charge is -1.96. The van der Waals surface area contributed by atoms with Gasteiger partial charge in [-0.25, -0.2) is 9.97 Å². The van der Waals surface area contributed by atoms with E-state index in [1.54, 1.807) is 6.20 Å². The van der Waals surface area contributed by atoms with Crippen molar-refractivity contribution in [1.29, 1.82) is 0 Å². The van der Waals surface area contributed by atoms with Crippen molar-refractivity contribution in [3.63, 3.8) is 0 Å². The minimum atomic E-state index is 0.512. The van der Waals surface area contributed by atoms with Gasteiger partial charge in [0.1, 0.15) is 0 Å². The fraction of sp³-hybridized carbons (Fsp3) is 0.167. The van der Waals surface area contributed by atoms with E-state index in [1.807, 2.05) is 6.26 Å². The van der Waals surface area contributed by atoms with Gasteiger partial charge in [-0.2, -0.15) is 0 Å². The van der Waals surface area contributed by atoms with E-state index in [9.17, 15) is 0 Å². The molecule has 0 aromatic carbocycles. The van der Waals surface area contributed by atoms with Crippen LogP contribution in [0.3, 0.4) is 0 Å². The summed E-state index contributed by atoms with van der Waals surface area (Å²) < 4.78 is 0. The Morgan fingerprint density at radius 2 is 2.40 bits per heavy atom. The molecular formula is C6H6ClN2S. The van der Waals surface area contributed by atoms with Gasteiger partial charge in [0.2, 0.25) is 0 Å². The van der Waals surface area contributed by atoms with Crippen molar-refractivity contribution < 1.29 is 0 Å². The van der Waals surface area contributed by atoms with Crippen LogP contribution in [0.25, 0.3) is 0 Å². The van der Waals surface area contributed by atoms with E-state index in [-0.39, 0.29) is 0 Å². The maximum atomic E-state index is 5.64. The van der Waals surface area contributed by atoms with E-state index in [1.165, 1.54) is 11.8 Å². The summed E-state index contributed by atoms with van der Waals surface area (Å²) in [6.45, 7) is 3.63. The van der Waals surface area contributed by atoms with Gasteiger partial charge < -0.3 is 0 Å². The SMILES string of the molecule is [CH2]c1nc(SC)ncc1Cl. The summed E-state index contributed by atoms with van der Waals surface area (Å²) in [4.78, 5) is 7.94. The Morgan fingerprint density at radius 1 is 1.70 bits per heavy atom. The van der Waals surface area contributed by atoms with Gasteiger partial charge in [-0.3, -0.25) is 0 Å². The molecule has 0 bridgehead atoms. The first-order valence-electron chi connectivity index (χ1n) is 2.62. The molecule has 4 heteroatoms. The third-order valence-electron chi connectivity index (χ3n) is 0.977. The molecule has 0 atom stereocenters. The summed E-state index contributed by atoms with van der Waals surface area (Å²) >= 11 is 7.11. The van der Waals surface area contributed by atoms with Crippen molar-refractivity contribution >= 4 is 23.4 Å². The molecule has 0 aliphatic rings. The molecule has 0 saturated heterocycles. The Morgan fingerprint density at radius 3 is 2.90 bits per heavy atom. The van der Waals surface area contributed by atoms with Crippen LogP contribution in [0.4, 0.5) is 0 Å². The van der Waals surface area contributed by atoms with Crippen LogP contribution in [-0.4, -0.2) is 16.2 Å². The first-order valence-corrected chi connectivity index (χ1v) is 4.23. The standard InChI is InChI=1S/C6H6ClN2S/c1-4-5(7)3-8-6(9-4)10-2/h3H,1H2,2H3. The molecule has 0 fully saturated rings. The highest BCUT2D eigenvalue weighted by molar-refractivity contribution is 7.98. The predicted octanol–water partition coefficient (Wildman–Crippen LogP) is 2.03. The van der Waals surface area contributed by atoms with Gasteiger partial charge in [-0.15, -0.1) is 0 Å². The third-order valence-corrected chi connectivity index (χ3v) is 1.85. The average molecular weight is 174 g/mol. The second-order valence-electron chi connectivity index (χ2n) is 1.65. The lowest BCUT2D eigenvalue weighted by atomic mass is 10.5. The second kappa shape index (κ2) is 3.21. The summed E-state index contributed by atoms with van der Waals surface area (Å²) in [6.07, 6.45) is 3.46. The monoisotopic (exact) mass is 173 g/mol. The fourth-order valence-corrected chi connectivity index (χ4v) is 0.933. The molecule has 0 aliphatic carbocycles. The third kappa shape index (κ3) is 1.61. The number of rotatable bonds is 1. The van der Waals surface area contributed by atoms with Crippen LogP contribution >= 0.6 is 23.4 Å². The quantitative estimate of drug-likeness (QED) is 0.480. The lowest BCUT2D eigenvalue weighted by molar-refractivity contribution is 0.953. The van der Waals surface area contributed by atoms with Crippen LogP contribution in [0.15, 0.2) is 11.4 Å². The number of hydrogen-bond donors (Lipinski definition) is 0.